The van der Waals surface area contributed by atoms with Gasteiger partial charge >= 0.3 is 0 Å². The Kier molecular flexibility index (Phi) is 13.4. The zero-order valence-corrected chi connectivity index (χ0v) is 36.0. The van der Waals surface area contributed by atoms with E-state index in [9.17, 15) is 0 Å². The van der Waals surface area contributed by atoms with Crippen molar-refractivity contribution in [3.05, 3.63) is 119 Å². The lowest BCUT2D eigenvalue weighted by molar-refractivity contribution is 0.394. The lowest BCUT2D eigenvalue weighted by atomic mass is 10.1. The Morgan fingerprint density at radius 2 is 1.10 bits per heavy atom. The van der Waals surface area contributed by atoms with Crippen LogP contribution in [-0.4, -0.2) is 67.5 Å². The molecule has 4 aromatic carbocycles. The number of halogens is 1. The molecule has 4 N–H and O–H groups in total. The van der Waals surface area contributed by atoms with Crippen LogP contribution in [0, 0.1) is 6.92 Å². The van der Waals surface area contributed by atoms with E-state index in [-0.39, 0.29) is 0 Å². The van der Waals surface area contributed by atoms with Crippen LogP contribution in [0.2, 0.25) is 5.02 Å². The summed E-state index contributed by atoms with van der Waals surface area (Å²) in [6, 6.07) is 27.7. The van der Waals surface area contributed by atoms with Crippen LogP contribution in [0.1, 0.15) is 16.7 Å². The number of benzene rings is 4. The van der Waals surface area contributed by atoms with E-state index in [4.69, 9.17) is 52.0 Å². The van der Waals surface area contributed by atoms with E-state index in [2.05, 4.69) is 55.7 Å². The van der Waals surface area contributed by atoms with E-state index in [0.717, 1.165) is 72.2 Å². The van der Waals surface area contributed by atoms with Crippen molar-refractivity contribution < 1.29 is 18.9 Å². The molecule has 0 spiro atoms. The Morgan fingerprint density at radius 1 is 0.600 bits per heavy atom. The van der Waals surface area contributed by atoms with E-state index >= 15 is 0 Å². The van der Waals surface area contributed by atoms with Crippen molar-refractivity contribution in [2.75, 3.05) is 39.9 Å². The lowest BCUT2D eigenvalue weighted by Crippen LogP contribution is -2.05. The molecule has 308 valence electrons. The molecule has 0 aliphatic carbocycles. The number of nitrogens with two attached hydrogens (primary N) is 2. The van der Waals surface area contributed by atoms with Crippen LogP contribution in [0.3, 0.4) is 0 Å². The smallest absolute Gasteiger partial charge is 0.175 e. The summed E-state index contributed by atoms with van der Waals surface area (Å²) < 4.78 is 25.9. The first-order chi connectivity index (χ1) is 29.2. The number of hydrogen-bond acceptors (Lipinski definition) is 14. The number of ether oxygens (including phenoxy) is 4. The minimum atomic E-state index is 0.343. The molecule has 8 rings (SSSR count). The fraction of sp³-hybridized carbons (Fsp3) is 0.209. The number of imidazole rings is 2. The highest BCUT2D eigenvalue weighted by atomic mass is 35.5. The van der Waals surface area contributed by atoms with Crippen molar-refractivity contribution in [2.45, 2.75) is 53.0 Å². The number of rotatable bonds is 14. The molecular formula is C43H43ClN10O4S2. The number of hydrogen-bond donors (Lipinski definition) is 2. The number of aromatic nitrogens is 8. The maximum Gasteiger partial charge on any atom is 0.175 e. The molecule has 0 aliphatic rings. The monoisotopic (exact) mass is 862 g/mol. The Labute approximate surface area is 360 Å². The third kappa shape index (κ3) is 9.46. The average Bonchev–Trinajstić information content (AvgIpc) is 3.81. The van der Waals surface area contributed by atoms with Crippen molar-refractivity contribution in [1.29, 1.82) is 0 Å². The van der Waals surface area contributed by atoms with Gasteiger partial charge in [-0.05, 0) is 96.9 Å². The van der Waals surface area contributed by atoms with Gasteiger partial charge in [0.1, 0.15) is 35.7 Å². The summed E-state index contributed by atoms with van der Waals surface area (Å²) in [4.78, 5) is 28.3. The Morgan fingerprint density at radius 3 is 1.58 bits per heavy atom. The molecule has 0 atom stereocenters. The Bertz CT molecular complexity index is 2750. The standard InChI is InChI=1S/C22H23N5O2S.C21H20ClN5O2S/c1-14-4-6-15(7-5-14)10-11-27-21-19(20(23)24-13-25-21)26-22(27)30-18-12-16(28-2)8-9-17(18)29-3;1-28-14-7-8-16(29-2)17(11-14)30-21-26-18-19(23)24-12-25-20(18)27(21)10-9-13-5-3-4-6-15(13)22/h4-9,12-13H,10-11H2,1-3H3,(H2,23,24,25);3-8,11-12H,9-10H2,1-2H3,(H2,23,24,25). The summed E-state index contributed by atoms with van der Waals surface area (Å²) >= 11 is 9.29. The second kappa shape index (κ2) is 19.2. The number of anilines is 2. The summed E-state index contributed by atoms with van der Waals surface area (Å²) in [7, 11) is 6.56. The van der Waals surface area contributed by atoms with Gasteiger partial charge in [0.05, 0.1) is 38.2 Å². The van der Waals surface area contributed by atoms with Crippen molar-refractivity contribution in [2.24, 2.45) is 0 Å². The van der Waals surface area contributed by atoms with Crippen molar-refractivity contribution in [3.8, 4) is 23.0 Å². The normalized spacial score (nSPS) is 11.0. The average molecular weight is 863 g/mol. The van der Waals surface area contributed by atoms with Crippen LogP contribution in [0.15, 0.2) is 118 Å². The predicted molar refractivity (Wildman–Crippen MR) is 237 cm³/mol. The fourth-order valence-electron chi connectivity index (χ4n) is 6.28. The van der Waals surface area contributed by atoms with E-state index in [0.29, 0.717) is 41.4 Å². The maximum absolute atomic E-state index is 6.34. The number of methoxy groups -OCH3 is 4. The van der Waals surface area contributed by atoms with Crippen LogP contribution in [0.25, 0.3) is 22.3 Å². The van der Waals surface area contributed by atoms with Crippen LogP contribution in [0.4, 0.5) is 11.6 Å². The van der Waals surface area contributed by atoms with Gasteiger partial charge in [-0.3, -0.25) is 0 Å². The van der Waals surface area contributed by atoms with Gasteiger partial charge in [-0.15, -0.1) is 0 Å². The largest absolute Gasteiger partial charge is 0.497 e. The highest BCUT2D eigenvalue weighted by molar-refractivity contribution is 7.99. The molecule has 8 aromatic rings. The molecule has 4 heterocycles. The molecule has 0 saturated heterocycles. The molecule has 0 unspecified atom stereocenters. The first-order valence-electron chi connectivity index (χ1n) is 18.7. The third-order valence-corrected chi connectivity index (χ3v) is 11.9. The van der Waals surface area contributed by atoms with E-state index in [1.54, 1.807) is 28.4 Å². The quantitative estimate of drug-likeness (QED) is 0.106. The second-order valence-corrected chi connectivity index (χ2v) is 15.7. The van der Waals surface area contributed by atoms with Crippen LogP contribution < -0.4 is 30.4 Å². The molecule has 0 bridgehead atoms. The van der Waals surface area contributed by atoms with Crippen molar-refractivity contribution in [3.63, 3.8) is 0 Å². The summed E-state index contributed by atoms with van der Waals surface area (Å²) in [6.07, 6.45) is 4.49. The van der Waals surface area contributed by atoms with E-state index < -0.39 is 0 Å². The maximum atomic E-state index is 6.34. The summed E-state index contributed by atoms with van der Waals surface area (Å²) in [5, 5.41) is 2.24. The van der Waals surface area contributed by atoms with Crippen LogP contribution in [-0.2, 0) is 25.9 Å². The number of nitrogens with zero attached hydrogens (tertiary/aromatic N) is 8. The number of fused-ring (bicyclic) bond motifs is 2. The summed E-state index contributed by atoms with van der Waals surface area (Å²) in [5.41, 5.74) is 18.3. The second-order valence-electron chi connectivity index (χ2n) is 13.3. The van der Waals surface area contributed by atoms with Gasteiger partial charge in [-0.2, -0.15) is 0 Å². The number of nitrogen functional groups attached to an aromatic ring is 2. The van der Waals surface area contributed by atoms with Gasteiger partial charge in [-0.1, -0.05) is 59.6 Å². The SMILES string of the molecule is COc1ccc(OC)c(Sc2nc3c(N)ncnc3n2CCc2ccc(C)cc2)c1.COc1ccc(OC)c(Sc2nc3c(N)ncnc3n2CCc2ccccc2Cl)c1. The molecule has 0 saturated carbocycles. The molecule has 4 aromatic heterocycles. The predicted octanol–water partition coefficient (Wildman–Crippen LogP) is 8.60. The molecular weight excluding hydrogens is 820 g/mol. The van der Waals surface area contributed by atoms with Gasteiger partial charge in [-0.25, -0.2) is 29.9 Å². The molecule has 60 heavy (non-hydrogen) atoms. The van der Waals surface area contributed by atoms with Gasteiger partial charge in [0.25, 0.3) is 0 Å². The lowest BCUT2D eigenvalue weighted by Gasteiger charge is -2.12. The highest BCUT2D eigenvalue weighted by Gasteiger charge is 2.20. The van der Waals surface area contributed by atoms with Gasteiger partial charge in [0.15, 0.2) is 44.3 Å². The first kappa shape index (κ1) is 41.9. The highest BCUT2D eigenvalue weighted by Crippen LogP contribution is 2.40. The first-order valence-corrected chi connectivity index (χ1v) is 20.7. The molecule has 17 heteroatoms. The zero-order valence-electron chi connectivity index (χ0n) is 33.6. The molecule has 0 fully saturated rings. The zero-order chi connectivity index (χ0) is 42.2. The van der Waals surface area contributed by atoms with Gasteiger partial charge in [0, 0.05) is 18.1 Å². The Balaban J connectivity index is 0.000000181. The van der Waals surface area contributed by atoms with Gasteiger partial charge in [0.2, 0.25) is 0 Å². The minimum Gasteiger partial charge on any atom is -0.497 e. The number of aryl methyl sites for hydroxylation is 5. The van der Waals surface area contributed by atoms with Gasteiger partial charge < -0.3 is 39.5 Å². The summed E-state index contributed by atoms with van der Waals surface area (Å²) in [6.45, 7) is 3.43. The topological polar surface area (TPSA) is 176 Å². The van der Waals surface area contributed by atoms with Crippen LogP contribution in [0.5, 0.6) is 23.0 Å². The fourth-order valence-corrected chi connectivity index (χ4v) is 8.61. The van der Waals surface area contributed by atoms with Crippen molar-refractivity contribution in [1.82, 2.24) is 39.0 Å². The van der Waals surface area contributed by atoms with E-state index in [1.165, 1.54) is 47.3 Å². The Hall–Kier alpha value is -6.23. The molecule has 14 nitrogen and oxygen atoms in total. The molecule has 0 radical (unpaired) electrons. The minimum absolute atomic E-state index is 0.343. The van der Waals surface area contributed by atoms with E-state index in [1.807, 2.05) is 65.2 Å². The summed E-state index contributed by atoms with van der Waals surface area (Å²) in [5.74, 6) is 3.67. The third-order valence-electron chi connectivity index (χ3n) is 9.50. The van der Waals surface area contributed by atoms with Crippen molar-refractivity contribution >= 4 is 69.1 Å². The molecule has 0 aliphatic heterocycles. The van der Waals surface area contributed by atoms with Crippen LogP contribution >= 0.6 is 35.1 Å². The molecule has 0 amide bonds.